The maximum atomic E-state index is 12.9. The number of Topliss-reactive ketones (excluding diaryl/α,β-unsaturated/α-hetero) is 1. The molecule has 0 aliphatic heterocycles. The molecule has 2 unspecified atom stereocenters. The maximum absolute atomic E-state index is 12.9. The summed E-state index contributed by atoms with van der Waals surface area (Å²) in [5, 5.41) is 3.55. The van der Waals surface area contributed by atoms with Gasteiger partial charge < -0.3 is 5.32 Å². The standard InChI is InChI=1S/C17H20ClNO2/c1-15(2)16(3)7-8-17(15,10-13(16)20)14(21)19-12-6-4-5-11(18)9-12/h4-6,9H,7-8,10H2,1-3H3,(H,19,21). The van der Waals surface area contributed by atoms with E-state index in [9.17, 15) is 9.59 Å². The summed E-state index contributed by atoms with van der Waals surface area (Å²) in [4.78, 5) is 25.3. The summed E-state index contributed by atoms with van der Waals surface area (Å²) in [6.45, 7) is 6.13. The van der Waals surface area contributed by atoms with Crippen molar-refractivity contribution in [2.24, 2.45) is 16.2 Å². The van der Waals surface area contributed by atoms with E-state index in [1.165, 1.54) is 0 Å². The van der Waals surface area contributed by atoms with Gasteiger partial charge in [-0.2, -0.15) is 0 Å². The van der Waals surface area contributed by atoms with Gasteiger partial charge in [-0.15, -0.1) is 0 Å². The lowest BCUT2D eigenvalue weighted by molar-refractivity contribution is -0.131. The molecule has 112 valence electrons. The molecule has 2 saturated carbocycles. The predicted octanol–water partition coefficient (Wildman–Crippen LogP) is 4.06. The highest BCUT2D eigenvalue weighted by atomic mass is 35.5. The van der Waals surface area contributed by atoms with Crippen molar-refractivity contribution in [2.45, 2.75) is 40.0 Å². The Kier molecular flexibility index (Phi) is 3.00. The molecule has 1 amide bonds. The van der Waals surface area contributed by atoms with Crippen LogP contribution in [0.2, 0.25) is 5.02 Å². The number of rotatable bonds is 2. The summed E-state index contributed by atoms with van der Waals surface area (Å²) < 4.78 is 0. The SMILES string of the molecule is CC12CCC(C(=O)Nc3cccc(Cl)c3)(CC1=O)C2(C)C. The van der Waals surface area contributed by atoms with Crippen LogP contribution >= 0.6 is 11.6 Å². The molecule has 2 aliphatic carbocycles. The van der Waals surface area contributed by atoms with Crippen molar-refractivity contribution in [3.05, 3.63) is 29.3 Å². The lowest BCUT2D eigenvalue weighted by atomic mass is 9.64. The fraction of sp³-hybridized carbons (Fsp3) is 0.529. The van der Waals surface area contributed by atoms with Gasteiger partial charge in [0.1, 0.15) is 5.78 Å². The highest BCUT2D eigenvalue weighted by Crippen LogP contribution is 2.70. The number of ketones is 1. The van der Waals surface area contributed by atoms with Gasteiger partial charge in [0, 0.05) is 22.5 Å². The van der Waals surface area contributed by atoms with Gasteiger partial charge in [0.05, 0.1) is 5.41 Å². The average molecular weight is 306 g/mol. The first-order valence-electron chi connectivity index (χ1n) is 7.33. The molecule has 21 heavy (non-hydrogen) atoms. The Bertz CT molecular complexity index is 639. The molecule has 4 heteroatoms. The molecule has 2 atom stereocenters. The number of carbonyl (C=O) groups excluding carboxylic acids is 2. The minimum Gasteiger partial charge on any atom is -0.326 e. The zero-order chi connectivity index (χ0) is 15.5. The van der Waals surface area contributed by atoms with E-state index < -0.39 is 5.41 Å². The van der Waals surface area contributed by atoms with Gasteiger partial charge in [-0.1, -0.05) is 38.4 Å². The van der Waals surface area contributed by atoms with Gasteiger partial charge in [-0.05, 0) is 36.5 Å². The summed E-state index contributed by atoms with van der Waals surface area (Å²) in [6, 6.07) is 7.12. The smallest absolute Gasteiger partial charge is 0.231 e. The minimum absolute atomic E-state index is 0.0515. The number of hydrogen-bond donors (Lipinski definition) is 1. The quantitative estimate of drug-likeness (QED) is 0.895. The fourth-order valence-electron chi connectivity index (χ4n) is 4.18. The molecule has 0 aromatic heterocycles. The second-order valence-electron chi connectivity index (χ2n) is 7.10. The molecule has 1 N–H and O–H groups in total. The van der Waals surface area contributed by atoms with Crippen molar-refractivity contribution in [2.75, 3.05) is 5.32 Å². The Labute approximate surface area is 130 Å². The summed E-state index contributed by atoms with van der Waals surface area (Å²) >= 11 is 5.96. The first-order valence-corrected chi connectivity index (χ1v) is 7.71. The van der Waals surface area contributed by atoms with Crippen LogP contribution in [0.5, 0.6) is 0 Å². The molecule has 0 spiro atoms. The number of hydrogen-bond acceptors (Lipinski definition) is 2. The summed E-state index contributed by atoms with van der Waals surface area (Å²) in [6.07, 6.45) is 1.92. The third-order valence-corrected chi connectivity index (χ3v) is 6.46. The van der Waals surface area contributed by atoms with Gasteiger partial charge in [0.25, 0.3) is 0 Å². The Morgan fingerprint density at radius 3 is 2.48 bits per heavy atom. The molecule has 1 aromatic carbocycles. The number of nitrogens with one attached hydrogen (secondary N) is 1. The van der Waals surface area contributed by atoms with E-state index >= 15 is 0 Å². The van der Waals surface area contributed by atoms with Gasteiger partial charge in [0.15, 0.2) is 0 Å². The zero-order valence-electron chi connectivity index (χ0n) is 12.6. The van der Waals surface area contributed by atoms with Crippen molar-refractivity contribution < 1.29 is 9.59 Å². The minimum atomic E-state index is -0.596. The van der Waals surface area contributed by atoms with Crippen LogP contribution in [0.3, 0.4) is 0 Å². The fourth-order valence-corrected chi connectivity index (χ4v) is 4.37. The lowest BCUT2D eigenvalue weighted by Crippen LogP contribution is -2.43. The summed E-state index contributed by atoms with van der Waals surface area (Å²) in [5.74, 6) is 0.171. The van der Waals surface area contributed by atoms with Crippen molar-refractivity contribution >= 4 is 29.0 Å². The number of halogens is 1. The summed E-state index contributed by atoms with van der Waals surface area (Å²) in [5.41, 5.74) is -0.606. The van der Waals surface area contributed by atoms with Crippen LogP contribution in [0.15, 0.2) is 24.3 Å². The Morgan fingerprint density at radius 2 is 1.95 bits per heavy atom. The van der Waals surface area contributed by atoms with E-state index in [2.05, 4.69) is 19.2 Å². The van der Waals surface area contributed by atoms with E-state index in [0.29, 0.717) is 17.1 Å². The van der Waals surface area contributed by atoms with Crippen molar-refractivity contribution in [3.8, 4) is 0 Å². The van der Waals surface area contributed by atoms with Gasteiger partial charge >= 0.3 is 0 Å². The van der Waals surface area contributed by atoms with Crippen LogP contribution in [-0.4, -0.2) is 11.7 Å². The third-order valence-electron chi connectivity index (χ3n) is 6.22. The molecule has 0 saturated heterocycles. The second-order valence-corrected chi connectivity index (χ2v) is 7.54. The molecular weight excluding hydrogens is 286 g/mol. The van der Waals surface area contributed by atoms with Gasteiger partial charge in [-0.25, -0.2) is 0 Å². The van der Waals surface area contributed by atoms with E-state index in [1.807, 2.05) is 13.0 Å². The van der Waals surface area contributed by atoms with Crippen LogP contribution in [0.25, 0.3) is 0 Å². The van der Waals surface area contributed by atoms with Gasteiger partial charge in [-0.3, -0.25) is 9.59 Å². The Morgan fingerprint density at radius 1 is 1.24 bits per heavy atom. The maximum Gasteiger partial charge on any atom is 0.231 e. The molecular formula is C17H20ClNO2. The van der Waals surface area contributed by atoms with Crippen LogP contribution in [0, 0.1) is 16.2 Å². The number of anilines is 1. The normalized spacial score (nSPS) is 33.2. The molecule has 2 fully saturated rings. The largest absolute Gasteiger partial charge is 0.326 e. The van der Waals surface area contributed by atoms with Crippen LogP contribution in [-0.2, 0) is 9.59 Å². The van der Waals surface area contributed by atoms with Crippen LogP contribution in [0.1, 0.15) is 40.0 Å². The molecule has 2 bridgehead atoms. The van der Waals surface area contributed by atoms with E-state index in [-0.39, 0.29) is 22.5 Å². The summed E-state index contributed by atoms with van der Waals surface area (Å²) in [7, 11) is 0. The highest BCUT2D eigenvalue weighted by molar-refractivity contribution is 6.30. The highest BCUT2D eigenvalue weighted by Gasteiger charge is 2.72. The topological polar surface area (TPSA) is 46.2 Å². The number of benzene rings is 1. The Hall–Kier alpha value is -1.35. The van der Waals surface area contributed by atoms with E-state index in [0.717, 1.165) is 12.8 Å². The molecule has 0 heterocycles. The molecule has 3 nitrogen and oxygen atoms in total. The second kappa shape index (κ2) is 4.33. The van der Waals surface area contributed by atoms with Crippen molar-refractivity contribution in [1.82, 2.24) is 0 Å². The lowest BCUT2D eigenvalue weighted by Gasteiger charge is -2.38. The molecule has 1 aromatic rings. The zero-order valence-corrected chi connectivity index (χ0v) is 13.4. The first kappa shape index (κ1) is 14.6. The Balaban J connectivity index is 1.93. The number of fused-ring (bicyclic) bond motifs is 2. The molecule has 3 rings (SSSR count). The van der Waals surface area contributed by atoms with Crippen molar-refractivity contribution in [3.63, 3.8) is 0 Å². The monoisotopic (exact) mass is 305 g/mol. The molecule has 0 radical (unpaired) electrons. The molecule has 2 aliphatic rings. The van der Waals surface area contributed by atoms with Gasteiger partial charge in [0.2, 0.25) is 5.91 Å². The van der Waals surface area contributed by atoms with Crippen LogP contribution < -0.4 is 5.32 Å². The average Bonchev–Trinajstić information content (AvgIpc) is 2.69. The third kappa shape index (κ3) is 1.73. The van der Waals surface area contributed by atoms with Crippen LogP contribution in [0.4, 0.5) is 5.69 Å². The number of amides is 1. The number of carbonyl (C=O) groups is 2. The van der Waals surface area contributed by atoms with E-state index in [1.54, 1.807) is 18.2 Å². The predicted molar refractivity (Wildman–Crippen MR) is 83.3 cm³/mol. The van der Waals surface area contributed by atoms with E-state index in [4.69, 9.17) is 11.6 Å². The first-order chi connectivity index (χ1) is 9.73. The van der Waals surface area contributed by atoms with Crippen molar-refractivity contribution in [1.29, 1.82) is 0 Å².